The highest BCUT2D eigenvalue weighted by Gasteiger charge is 2.24. The van der Waals surface area contributed by atoms with Crippen molar-refractivity contribution in [3.8, 4) is 17.1 Å². The van der Waals surface area contributed by atoms with Crippen LogP contribution in [0.25, 0.3) is 11.4 Å². The van der Waals surface area contributed by atoms with E-state index in [1.807, 2.05) is 24.3 Å². The monoisotopic (exact) mass is 372 g/mol. The second-order valence-electron chi connectivity index (χ2n) is 6.56. The minimum absolute atomic E-state index is 0.455. The van der Waals surface area contributed by atoms with Crippen molar-refractivity contribution in [2.75, 3.05) is 40.5 Å². The fraction of sp³-hybridized carbons (Fsp3) is 0.526. The first kappa shape index (κ1) is 19.2. The predicted octanol–water partition coefficient (Wildman–Crippen LogP) is 1.91. The van der Waals surface area contributed by atoms with Gasteiger partial charge in [-0.2, -0.15) is 5.10 Å². The molecule has 2 N–H and O–H groups in total. The number of rotatable bonds is 7. The minimum atomic E-state index is 0.455. The second-order valence-corrected chi connectivity index (χ2v) is 6.56. The highest BCUT2D eigenvalue weighted by Crippen LogP contribution is 2.19. The SMILES string of the molecule is CCNC(=NCc1nc(-c2ccc(OC)cc2)n[nH]1)N1CCC(COC)C1. The molecule has 27 heavy (non-hydrogen) atoms. The van der Waals surface area contributed by atoms with Crippen LogP contribution in [-0.2, 0) is 11.3 Å². The summed E-state index contributed by atoms with van der Waals surface area (Å²) in [5.74, 6) is 3.69. The molecule has 1 aliphatic heterocycles. The number of nitrogens with one attached hydrogen (secondary N) is 2. The summed E-state index contributed by atoms with van der Waals surface area (Å²) in [7, 11) is 3.41. The molecule has 1 aliphatic rings. The van der Waals surface area contributed by atoms with Gasteiger partial charge in [0.15, 0.2) is 11.8 Å². The number of ether oxygens (including phenoxy) is 2. The Morgan fingerprint density at radius 2 is 2.15 bits per heavy atom. The summed E-state index contributed by atoms with van der Waals surface area (Å²) < 4.78 is 10.5. The van der Waals surface area contributed by atoms with Gasteiger partial charge < -0.3 is 19.7 Å². The van der Waals surface area contributed by atoms with Crippen molar-refractivity contribution in [2.45, 2.75) is 19.9 Å². The zero-order chi connectivity index (χ0) is 19.1. The Balaban J connectivity index is 1.65. The maximum Gasteiger partial charge on any atom is 0.194 e. The molecule has 8 nitrogen and oxygen atoms in total. The molecular formula is C19H28N6O2. The van der Waals surface area contributed by atoms with Crippen LogP contribution in [0, 0.1) is 5.92 Å². The van der Waals surface area contributed by atoms with Crippen molar-refractivity contribution in [2.24, 2.45) is 10.9 Å². The standard InChI is InChI=1S/C19H28N6O2/c1-4-20-19(25-10-9-14(12-25)13-26-2)21-11-17-22-18(24-23-17)15-5-7-16(27-3)8-6-15/h5-8,14H,4,9-13H2,1-3H3,(H,20,21)(H,22,23,24). The summed E-state index contributed by atoms with van der Waals surface area (Å²) >= 11 is 0. The fourth-order valence-corrected chi connectivity index (χ4v) is 3.21. The Kier molecular flexibility index (Phi) is 6.64. The van der Waals surface area contributed by atoms with Crippen molar-refractivity contribution in [1.29, 1.82) is 0 Å². The van der Waals surface area contributed by atoms with Crippen molar-refractivity contribution in [1.82, 2.24) is 25.4 Å². The van der Waals surface area contributed by atoms with E-state index in [0.29, 0.717) is 18.3 Å². The van der Waals surface area contributed by atoms with Crippen molar-refractivity contribution in [3.05, 3.63) is 30.1 Å². The van der Waals surface area contributed by atoms with E-state index in [-0.39, 0.29) is 0 Å². The molecule has 1 fully saturated rings. The van der Waals surface area contributed by atoms with Gasteiger partial charge in [0.2, 0.25) is 0 Å². The fourth-order valence-electron chi connectivity index (χ4n) is 3.21. The highest BCUT2D eigenvalue weighted by molar-refractivity contribution is 5.80. The molecular weight excluding hydrogens is 344 g/mol. The lowest BCUT2D eigenvalue weighted by Crippen LogP contribution is -2.40. The molecule has 2 aromatic rings. The molecule has 0 spiro atoms. The van der Waals surface area contributed by atoms with E-state index >= 15 is 0 Å². The van der Waals surface area contributed by atoms with Crippen LogP contribution in [0.15, 0.2) is 29.3 Å². The molecule has 0 bridgehead atoms. The quantitative estimate of drug-likeness (QED) is 0.570. The molecule has 0 aliphatic carbocycles. The number of methoxy groups -OCH3 is 2. The molecule has 3 rings (SSSR count). The van der Waals surface area contributed by atoms with E-state index in [4.69, 9.17) is 14.5 Å². The lowest BCUT2D eigenvalue weighted by atomic mass is 10.1. The summed E-state index contributed by atoms with van der Waals surface area (Å²) in [4.78, 5) is 11.6. The zero-order valence-electron chi connectivity index (χ0n) is 16.2. The highest BCUT2D eigenvalue weighted by atomic mass is 16.5. The lowest BCUT2D eigenvalue weighted by Gasteiger charge is -2.21. The Hall–Kier alpha value is -2.61. The molecule has 1 atom stereocenters. The van der Waals surface area contributed by atoms with Crippen LogP contribution in [0.5, 0.6) is 5.75 Å². The molecule has 146 valence electrons. The van der Waals surface area contributed by atoms with Gasteiger partial charge in [-0.05, 0) is 37.6 Å². The topological polar surface area (TPSA) is 87.7 Å². The third-order valence-electron chi connectivity index (χ3n) is 4.58. The molecule has 1 aromatic heterocycles. The van der Waals surface area contributed by atoms with Crippen LogP contribution in [0.2, 0.25) is 0 Å². The molecule has 1 unspecified atom stereocenters. The number of hydrogen-bond acceptors (Lipinski definition) is 5. The number of benzene rings is 1. The maximum atomic E-state index is 5.28. The van der Waals surface area contributed by atoms with E-state index in [1.54, 1.807) is 14.2 Å². The largest absolute Gasteiger partial charge is 0.497 e. The van der Waals surface area contributed by atoms with Crippen molar-refractivity contribution < 1.29 is 9.47 Å². The van der Waals surface area contributed by atoms with Crippen LogP contribution in [0.1, 0.15) is 19.2 Å². The molecule has 0 radical (unpaired) electrons. The van der Waals surface area contributed by atoms with Crippen molar-refractivity contribution >= 4 is 5.96 Å². The molecule has 0 amide bonds. The minimum Gasteiger partial charge on any atom is -0.497 e. The van der Waals surface area contributed by atoms with E-state index in [2.05, 4.69) is 32.3 Å². The van der Waals surface area contributed by atoms with E-state index in [0.717, 1.165) is 55.8 Å². The van der Waals surface area contributed by atoms with Gasteiger partial charge >= 0.3 is 0 Å². The van der Waals surface area contributed by atoms with Gasteiger partial charge in [0.05, 0.1) is 13.7 Å². The van der Waals surface area contributed by atoms with Crippen molar-refractivity contribution in [3.63, 3.8) is 0 Å². The van der Waals surface area contributed by atoms with E-state index < -0.39 is 0 Å². The zero-order valence-corrected chi connectivity index (χ0v) is 16.2. The van der Waals surface area contributed by atoms with Crippen LogP contribution in [-0.4, -0.2) is 66.5 Å². The molecule has 8 heteroatoms. The summed E-state index contributed by atoms with van der Waals surface area (Å²) in [6.45, 7) is 6.12. The Morgan fingerprint density at radius 1 is 1.33 bits per heavy atom. The number of aliphatic imine (C=N–C) groups is 1. The predicted molar refractivity (Wildman–Crippen MR) is 105 cm³/mol. The maximum absolute atomic E-state index is 5.28. The van der Waals surface area contributed by atoms with Crippen LogP contribution in [0.4, 0.5) is 0 Å². The van der Waals surface area contributed by atoms with Gasteiger partial charge in [0.1, 0.15) is 18.1 Å². The Morgan fingerprint density at radius 3 is 2.85 bits per heavy atom. The number of hydrogen-bond donors (Lipinski definition) is 2. The summed E-state index contributed by atoms with van der Waals surface area (Å²) in [6, 6.07) is 7.69. The first-order chi connectivity index (χ1) is 13.2. The third-order valence-corrected chi connectivity index (χ3v) is 4.58. The summed E-state index contributed by atoms with van der Waals surface area (Å²) in [6.07, 6.45) is 1.13. The average Bonchev–Trinajstić information content (AvgIpc) is 3.35. The average molecular weight is 372 g/mol. The molecule has 1 saturated heterocycles. The number of aromatic nitrogens is 3. The Bertz CT molecular complexity index is 743. The van der Waals surface area contributed by atoms with Crippen LogP contribution >= 0.6 is 0 Å². The van der Waals surface area contributed by atoms with E-state index in [1.165, 1.54) is 0 Å². The van der Waals surface area contributed by atoms with Gasteiger partial charge in [-0.15, -0.1) is 0 Å². The Labute approximate surface area is 160 Å². The molecule has 2 heterocycles. The lowest BCUT2D eigenvalue weighted by molar-refractivity contribution is 0.157. The summed E-state index contributed by atoms with van der Waals surface area (Å²) in [5.41, 5.74) is 0.941. The van der Waals surface area contributed by atoms with Gasteiger partial charge in [-0.1, -0.05) is 0 Å². The van der Waals surface area contributed by atoms with Gasteiger partial charge in [-0.3, -0.25) is 5.10 Å². The molecule has 0 saturated carbocycles. The van der Waals surface area contributed by atoms with Gasteiger partial charge in [-0.25, -0.2) is 9.98 Å². The molecule has 1 aromatic carbocycles. The smallest absolute Gasteiger partial charge is 0.194 e. The third kappa shape index (κ3) is 4.97. The summed E-state index contributed by atoms with van der Waals surface area (Å²) in [5, 5.41) is 10.7. The van der Waals surface area contributed by atoms with Crippen LogP contribution < -0.4 is 10.1 Å². The second kappa shape index (κ2) is 9.36. The first-order valence-electron chi connectivity index (χ1n) is 9.31. The normalized spacial score (nSPS) is 17.4. The number of guanidine groups is 1. The van der Waals surface area contributed by atoms with Gasteiger partial charge in [0.25, 0.3) is 0 Å². The first-order valence-corrected chi connectivity index (χ1v) is 9.31. The number of nitrogens with zero attached hydrogens (tertiary/aromatic N) is 4. The number of aromatic amines is 1. The van der Waals surface area contributed by atoms with E-state index in [9.17, 15) is 0 Å². The van der Waals surface area contributed by atoms with Crippen LogP contribution in [0.3, 0.4) is 0 Å². The van der Waals surface area contributed by atoms with Gasteiger partial charge in [0, 0.05) is 38.2 Å². The number of likely N-dealkylation sites (tertiary alicyclic amines) is 1. The number of H-pyrrole nitrogens is 1.